The second-order valence-electron chi connectivity index (χ2n) is 4.56. The van der Waals surface area contributed by atoms with Crippen LogP contribution in [-0.2, 0) is 0 Å². The van der Waals surface area contributed by atoms with E-state index in [-0.39, 0.29) is 18.9 Å². The molecule has 1 aromatic rings. The van der Waals surface area contributed by atoms with Gasteiger partial charge in [-0.05, 0) is 38.3 Å². The van der Waals surface area contributed by atoms with Gasteiger partial charge in [-0.1, -0.05) is 6.07 Å². The molecule has 0 aliphatic rings. The summed E-state index contributed by atoms with van der Waals surface area (Å²) >= 11 is 0. The third-order valence-corrected chi connectivity index (χ3v) is 2.71. The maximum Gasteiger partial charge on any atom is 0.190 e. The summed E-state index contributed by atoms with van der Waals surface area (Å²) in [4.78, 5) is 0. The van der Waals surface area contributed by atoms with E-state index in [0.29, 0.717) is 19.3 Å². The SMILES string of the molecule is CC(O)(CN)CCCCOc1c(F)cccc1F. The zero-order valence-corrected chi connectivity index (χ0v) is 10.5. The summed E-state index contributed by atoms with van der Waals surface area (Å²) in [6.45, 7) is 2.05. The first-order valence-electron chi connectivity index (χ1n) is 5.95. The topological polar surface area (TPSA) is 55.5 Å². The summed E-state index contributed by atoms with van der Waals surface area (Å²) in [5.74, 6) is -1.75. The molecule has 0 amide bonds. The van der Waals surface area contributed by atoms with E-state index in [0.717, 1.165) is 12.1 Å². The Morgan fingerprint density at radius 1 is 1.28 bits per heavy atom. The molecular formula is C13H19F2NO2. The normalized spacial score (nSPS) is 14.3. The smallest absolute Gasteiger partial charge is 0.190 e. The molecule has 3 N–H and O–H groups in total. The Kier molecular flexibility index (Phi) is 5.50. The van der Waals surface area contributed by atoms with Crippen LogP contribution in [0.4, 0.5) is 8.78 Å². The summed E-state index contributed by atoms with van der Waals surface area (Å²) in [5.41, 5.74) is 4.49. The molecule has 1 unspecified atom stereocenters. The number of hydrogen-bond acceptors (Lipinski definition) is 3. The summed E-state index contributed by atoms with van der Waals surface area (Å²) in [7, 11) is 0. The fourth-order valence-corrected chi connectivity index (χ4v) is 1.50. The van der Waals surface area contributed by atoms with Gasteiger partial charge in [-0.3, -0.25) is 0 Å². The van der Waals surface area contributed by atoms with Crippen molar-refractivity contribution < 1.29 is 18.6 Å². The highest BCUT2D eigenvalue weighted by Gasteiger charge is 2.17. The van der Waals surface area contributed by atoms with Crippen molar-refractivity contribution in [1.29, 1.82) is 0 Å². The highest BCUT2D eigenvalue weighted by Crippen LogP contribution is 2.21. The molecule has 0 spiro atoms. The lowest BCUT2D eigenvalue weighted by Gasteiger charge is -2.20. The number of unbranched alkanes of at least 4 members (excludes halogenated alkanes) is 1. The van der Waals surface area contributed by atoms with Crippen molar-refractivity contribution in [3.8, 4) is 5.75 Å². The van der Waals surface area contributed by atoms with Crippen molar-refractivity contribution in [2.75, 3.05) is 13.2 Å². The van der Waals surface area contributed by atoms with E-state index in [1.807, 2.05) is 0 Å². The lowest BCUT2D eigenvalue weighted by molar-refractivity contribution is 0.0561. The molecule has 0 saturated carbocycles. The zero-order valence-electron chi connectivity index (χ0n) is 10.5. The molecule has 0 aromatic heterocycles. The van der Waals surface area contributed by atoms with Crippen LogP contribution in [-0.4, -0.2) is 23.9 Å². The lowest BCUT2D eigenvalue weighted by atomic mass is 10.00. The molecule has 102 valence electrons. The van der Waals surface area contributed by atoms with Crippen LogP contribution in [0.25, 0.3) is 0 Å². The average molecular weight is 259 g/mol. The maximum absolute atomic E-state index is 13.2. The predicted octanol–water partition coefficient (Wildman–Crippen LogP) is 2.22. The first kappa shape index (κ1) is 14.9. The third-order valence-electron chi connectivity index (χ3n) is 2.71. The lowest BCUT2D eigenvalue weighted by Crippen LogP contribution is -2.33. The number of para-hydroxylation sites is 1. The van der Waals surface area contributed by atoms with Crippen LogP contribution in [0.3, 0.4) is 0 Å². The molecule has 18 heavy (non-hydrogen) atoms. The summed E-state index contributed by atoms with van der Waals surface area (Å²) < 4.78 is 31.4. The van der Waals surface area contributed by atoms with Gasteiger partial charge in [0.25, 0.3) is 0 Å². The van der Waals surface area contributed by atoms with Crippen molar-refractivity contribution in [3.63, 3.8) is 0 Å². The first-order valence-corrected chi connectivity index (χ1v) is 5.95. The van der Waals surface area contributed by atoms with Crippen molar-refractivity contribution in [1.82, 2.24) is 0 Å². The van der Waals surface area contributed by atoms with E-state index in [9.17, 15) is 13.9 Å². The summed E-state index contributed by atoms with van der Waals surface area (Å²) in [5, 5.41) is 9.64. The van der Waals surface area contributed by atoms with Gasteiger partial charge in [-0.15, -0.1) is 0 Å². The van der Waals surface area contributed by atoms with Crippen molar-refractivity contribution in [2.24, 2.45) is 5.73 Å². The second kappa shape index (κ2) is 6.66. The average Bonchev–Trinajstić information content (AvgIpc) is 2.32. The molecule has 0 radical (unpaired) electrons. The molecule has 0 fully saturated rings. The Morgan fingerprint density at radius 2 is 1.89 bits per heavy atom. The van der Waals surface area contributed by atoms with Crippen LogP contribution in [0.15, 0.2) is 18.2 Å². The minimum atomic E-state index is -0.886. The van der Waals surface area contributed by atoms with Crippen molar-refractivity contribution in [3.05, 3.63) is 29.8 Å². The monoisotopic (exact) mass is 259 g/mol. The minimum Gasteiger partial charge on any atom is -0.488 e. The Balaban J connectivity index is 2.30. The second-order valence-corrected chi connectivity index (χ2v) is 4.56. The van der Waals surface area contributed by atoms with Gasteiger partial charge in [0, 0.05) is 6.54 Å². The third kappa shape index (κ3) is 4.58. The van der Waals surface area contributed by atoms with E-state index < -0.39 is 17.2 Å². The zero-order chi connectivity index (χ0) is 13.6. The summed E-state index contributed by atoms with van der Waals surface area (Å²) in [6.07, 6.45) is 1.82. The van der Waals surface area contributed by atoms with Crippen LogP contribution < -0.4 is 10.5 Å². The standard InChI is InChI=1S/C13H19F2NO2/c1-13(17,9-16)7-2-3-8-18-12-10(14)5-4-6-11(12)15/h4-6,17H,2-3,7-9,16H2,1H3. The Labute approximate surface area is 106 Å². The Bertz CT molecular complexity index is 363. The molecule has 0 bridgehead atoms. The van der Waals surface area contributed by atoms with E-state index in [1.165, 1.54) is 6.07 Å². The highest BCUT2D eigenvalue weighted by atomic mass is 19.1. The van der Waals surface area contributed by atoms with Crippen molar-refractivity contribution >= 4 is 0 Å². The van der Waals surface area contributed by atoms with Gasteiger partial charge >= 0.3 is 0 Å². The summed E-state index contributed by atoms with van der Waals surface area (Å²) in [6, 6.07) is 3.59. The molecular weight excluding hydrogens is 240 g/mol. The largest absolute Gasteiger partial charge is 0.488 e. The van der Waals surface area contributed by atoms with E-state index in [1.54, 1.807) is 6.92 Å². The van der Waals surface area contributed by atoms with Crippen LogP contribution in [0.1, 0.15) is 26.2 Å². The van der Waals surface area contributed by atoms with Gasteiger partial charge in [-0.2, -0.15) is 0 Å². The molecule has 0 aliphatic carbocycles. The molecule has 1 aromatic carbocycles. The first-order chi connectivity index (χ1) is 8.46. The molecule has 1 rings (SSSR count). The highest BCUT2D eigenvalue weighted by molar-refractivity contribution is 5.25. The van der Waals surface area contributed by atoms with E-state index in [4.69, 9.17) is 10.5 Å². The predicted molar refractivity (Wildman–Crippen MR) is 65.4 cm³/mol. The number of aliphatic hydroxyl groups is 1. The van der Waals surface area contributed by atoms with Gasteiger partial charge in [0.1, 0.15) is 0 Å². The fourth-order valence-electron chi connectivity index (χ4n) is 1.50. The molecule has 0 heterocycles. The quantitative estimate of drug-likeness (QED) is 0.738. The molecule has 0 saturated heterocycles. The van der Waals surface area contributed by atoms with E-state index in [2.05, 4.69) is 0 Å². The van der Waals surface area contributed by atoms with Crippen LogP contribution in [0.5, 0.6) is 5.75 Å². The van der Waals surface area contributed by atoms with Crippen LogP contribution in [0, 0.1) is 11.6 Å². The van der Waals surface area contributed by atoms with Crippen molar-refractivity contribution in [2.45, 2.75) is 31.8 Å². The van der Waals surface area contributed by atoms with Gasteiger partial charge in [0.15, 0.2) is 17.4 Å². The number of benzene rings is 1. The van der Waals surface area contributed by atoms with E-state index >= 15 is 0 Å². The number of hydrogen-bond donors (Lipinski definition) is 2. The Hall–Kier alpha value is -1.20. The Morgan fingerprint density at radius 3 is 2.44 bits per heavy atom. The molecule has 1 atom stereocenters. The number of ether oxygens (including phenoxy) is 1. The van der Waals surface area contributed by atoms with Gasteiger partial charge in [-0.25, -0.2) is 8.78 Å². The van der Waals surface area contributed by atoms with Crippen LogP contribution in [0.2, 0.25) is 0 Å². The minimum absolute atomic E-state index is 0.190. The fraction of sp³-hybridized carbons (Fsp3) is 0.538. The number of halogens is 2. The molecule has 0 aliphatic heterocycles. The van der Waals surface area contributed by atoms with Gasteiger partial charge in [0.2, 0.25) is 0 Å². The molecule has 5 heteroatoms. The maximum atomic E-state index is 13.2. The number of rotatable bonds is 7. The van der Waals surface area contributed by atoms with Gasteiger partial charge in [0.05, 0.1) is 12.2 Å². The van der Waals surface area contributed by atoms with Crippen LogP contribution >= 0.6 is 0 Å². The molecule has 3 nitrogen and oxygen atoms in total. The van der Waals surface area contributed by atoms with Gasteiger partial charge < -0.3 is 15.6 Å². The number of nitrogens with two attached hydrogens (primary N) is 1.